The van der Waals surface area contributed by atoms with Gasteiger partial charge in [0.2, 0.25) is 17.6 Å². The first-order chi connectivity index (χ1) is 11.7. The van der Waals surface area contributed by atoms with Gasteiger partial charge in [0.1, 0.15) is 5.82 Å². The highest BCUT2D eigenvalue weighted by atomic mass is 19.1. The minimum Gasteiger partial charge on any atom is -0.356 e. The van der Waals surface area contributed by atoms with Crippen LogP contribution in [0.2, 0.25) is 0 Å². The van der Waals surface area contributed by atoms with E-state index >= 15 is 0 Å². The molecule has 24 heavy (non-hydrogen) atoms. The van der Waals surface area contributed by atoms with Crippen molar-refractivity contribution in [3.63, 3.8) is 0 Å². The van der Waals surface area contributed by atoms with E-state index in [2.05, 4.69) is 20.4 Å². The highest BCUT2D eigenvalue weighted by molar-refractivity contribution is 5.78. The summed E-state index contributed by atoms with van der Waals surface area (Å²) in [5.74, 6) is 0.942. The second kappa shape index (κ2) is 7.53. The van der Waals surface area contributed by atoms with E-state index in [0.29, 0.717) is 24.8 Å². The molecule has 0 spiro atoms. The fourth-order valence-corrected chi connectivity index (χ4v) is 2.90. The number of hydrogen-bond donors (Lipinski definition) is 1. The monoisotopic (exact) mass is 332 g/mol. The number of halogens is 1. The first-order valence-electron chi connectivity index (χ1n) is 8.24. The number of piperidine rings is 1. The lowest BCUT2D eigenvalue weighted by Gasteiger charge is -2.30. The highest BCUT2D eigenvalue weighted by Gasteiger charge is 2.25. The second-order valence-corrected chi connectivity index (χ2v) is 5.96. The van der Waals surface area contributed by atoms with Gasteiger partial charge < -0.3 is 9.84 Å². The molecule has 1 aromatic heterocycles. The minimum atomic E-state index is -0.294. The van der Waals surface area contributed by atoms with E-state index < -0.39 is 0 Å². The van der Waals surface area contributed by atoms with Crippen molar-refractivity contribution in [3.8, 4) is 11.4 Å². The molecule has 1 saturated heterocycles. The maximum atomic E-state index is 13.0. The van der Waals surface area contributed by atoms with Crippen LogP contribution in [-0.4, -0.2) is 40.6 Å². The average Bonchev–Trinajstić information content (AvgIpc) is 3.05. The number of carbonyl (C=O) groups is 1. The number of nitrogens with zero attached hydrogens (tertiary/aromatic N) is 3. The molecule has 3 rings (SSSR count). The van der Waals surface area contributed by atoms with Crippen LogP contribution in [0.4, 0.5) is 4.39 Å². The van der Waals surface area contributed by atoms with Crippen LogP contribution in [0.5, 0.6) is 0 Å². The molecule has 0 unspecified atom stereocenters. The van der Waals surface area contributed by atoms with Crippen LogP contribution < -0.4 is 5.32 Å². The predicted octanol–water partition coefficient (Wildman–Crippen LogP) is 2.22. The molecule has 7 heteroatoms. The van der Waals surface area contributed by atoms with Crippen LogP contribution in [0.1, 0.15) is 25.7 Å². The zero-order valence-electron chi connectivity index (χ0n) is 13.7. The van der Waals surface area contributed by atoms with Crippen LogP contribution in [0, 0.1) is 11.7 Å². The van der Waals surface area contributed by atoms with Gasteiger partial charge in [0.25, 0.3) is 0 Å². The number of aromatic nitrogens is 2. The smallest absolute Gasteiger partial charge is 0.241 e. The number of amides is 1. The van der Waals surface area contributed by atoms with Crippen LogP contribution >= 0.6 is 0 Å². The van der Waals surface area contributed by atoms with Crippen LogP contribution in [0.25, 0.3) is 11.4 Å². The van der Waals surface area contributed by atoms with Gasteiger partial charge in [0, 0.05) is 18.0 Å². The number of carbonyl (C=O) groups excluding carboxylic acids is 1. The van der Waals surface area contributed by atoms with Crippen molar-refractivity contribution in [2.45, 2.75) is 26.3 Å². The topological polar surface area (TPSA) is 71.3 Å². The Labute approximate surface area is 140 Å². The Bertz CT molecular complexity index is 678. The van der Waals surface area contributed by atoms with Crippen LogP contribution in [0.3, 0.4) is 0 Å². The van der Waals surface area contributed by atoms with Gasteiger partial charge in [-0.1, -0.05) is 5.16 Å². The van der Waals surface area contributed by atoms with Crippen molar-refractivity contribution in [3.05, 3.63) is 36.0 Å². The lowest BCUT2D eigenvalue weighted by Crippen LogP contribution is -2.40. The Morgan fingerprint density at radius 2 is 2.04 bits per heavy atom. The van der Waals surface area contributed by atoms with Gasteiger partial charge in [-0.3, -0.25) is 9.69 Å². The number of benzene rings is 1. The van der Waals surface area contributed by atoms with E-state index in [0.717, 1.165) is 31.5 Å². The Balaban J connectivity index is 1.54. The summed E-state index contributed by atoms with van der Waals surface area (Å²) in [4.78, 5) is 18.4. The van der Waals surface area contributed by atoms with E-state index in [1.165, 1.54) is 12.1 Å². The maximum Gasteiger partial charge on any atom is 0.241 e. The van der Waals surface area contributed by atoms with Gasteiger partial charge >= 0.3 is 0 Å². The Hall–Kier alpha value is -2.28. The van der Waals surface area contributed by atoms with E-state index in [9.17, 15) is 9.18 Å². The fraction of sp³-hybridized carbons (Fsp3) is 0.471. The summed E-state index contributed by atoms with van der Waals surface area (Å²) in [6.07, 6.45) is 1.68. The van der Waals surface area contributed by atoms with Crippen LogP contribution in [0.15, 0.2) is 28.8 Å². The third-order valence-corrected chi connectivity index (χ3v) is 4.24. The third-order valence-electron chi connectivity index (χ3n) is 4.24. The Kier molecular flexibility index (Phi) is 5.20. The third kappa shape index (κ3) is 3.97. The minimum absolute atomic E-state index is 0.0960. The molecule has 1 aliphatic rings. The van der Waals surface area contributed by atoms with Gasteiger partial charge in [0.05, 0.1) is 6.54 Å². The van der Waals surface area contributed by atoms with Crippen molar-refractivity contribution >= 4 is 5.91 Å². The normalized spacial score (nSPS) is 16.2. The standard InChI is InChI=1S/C17H21FN4O2/c1-2-19-17(23)13-7-9-22(10-8-13)11-15-20-16(21-24-15)12-3-5-14(18)6-4-12/h3-6,13H,2,7-11H2,1H3,(H,19,23). The highest BCUT2D eigenvalue weighted by Crippen LogP contribution is 2.20. The number of hydrogen-bond acceptors (Lipinski definition) is 5. The van der Waals surface area contributed by atoms with Crippen LogP contribution in [-0.2, 0) is 11.3 Å². The van der Waals surface area contributed by atoms with Gasteiger partial charge in [-0.25, -0.2) is 4.39 Å². The summed E-state index contributed by atoms with van der Waals surface area (Å²) in [5.41, 5.74) is 0.723. The molecule has 1 amide bonds. The molecule has 0 saturated carbocycles. The Morgan fingerprint density at radius 1 is 1.33 bits per heavy atom. The molecule has 1 aliphatic heterocycles. The van der Waals surface area contributed by atoms with E-state index in [4.69, 9.17) is 4.52 Å². The largest absolute Gasteiger partial charge is 0.356 e. The summed E-state index contributed by atoms with van der Waals surface area (Å²) in [5, 5.41) is 6.83. The summed E-state index contributed by atoms with van der Waals surface area (Å²) in [6, 6.07) is 6.00. The molecule has 1 aromatic carbocycles. The quantitative estimate of drug-likeness (QED) is 0.909. The van der Waals surface area contributed by atoms with Gasteiger partial charge in [-0.05, 0) is 57.1 Å². The second-order valence-electron chi connectivity index (χ2n) is 5.96. The molecule has 0 radical (unpaired) electrons. The van der Waals surface area contributed by atoms with E-state index in [1.54, 1.807) is 12.1 Å². The summed E-state index contributed by atoms with van der Waals surface area (Å²) in [7, 11) is 0. The molecule has 1 fully saturated rings. The first kappa shape index (κ1) is 16.6. The Morgan fingerprint density at radius 3 is 2.71 bits per heavy atom. The number of nitrogens with one attached hydrogen (secondary N) is 1. The van der Waals surface area contributed by atoms with Crippen molar-refractivity contribution in [1.29, 1.82) is 0 Å². The molecule has 0 atom stereocenters. The summed E-state index contributed by atoms with van der Waals surface area (Å²) in [6.45, 7) is 4.83. The molecule has 6 nitrogen and oxygen atoms in total. The molecular formula is C17H21FN4O2. The van der Waals surface area contributed by atoms with Gasteiger partial charge in [-0.15, -0.1) is 0 Å². The fourth-order valence-electron chi connectivity index (χ4n) is 2.90. The summed E-state index contributed by atoms with van der Waals surface area (Å²) >= 11 is 0. The zero-order valence-corrected chi connectivity index (χ0v) is 13.7. The molecule has 0 aliphatic carbocycles. The summed E-state index contributed by atoms with van der Waals surface area (Å²) < 4.78 is 18.2. The SMILES string of the molecule is CCNC(=O)C1CCN(Cc2nc(-c3ccc(F)cc3)no2)CC1. The first-order valence-corrected chi connectivity index (χ1v) is 8.24. The molecule has 1 N–H and O–H groups in total. The van der Waals surface area contributed by atoms with Gasteiger partial charge in [-0.2, -0.15) is 4.98 Å². The van der Waals surface area contributed by atoms with Crippen molar-refractivity contribution in [1.82, 2.24) is 20.4 Å². The van der Waals surface area contributed by atoms with Crippen molar-refractivity contribution in [2.24, 2.45) is 5.92 Å². The molecular weight excluding hydrogens is 311 g/mol. The molecule has 0 bridgehead atoms. The zero-order chi connectivity index (χ0) is 16.9. The van der Waals surface area contributed by atoms with E-state index in [1.807, 2.05) is 6.92 Å². The maximum absolute atomic E-state index is 13.0. The average molecular weight is 332 g/mol. The lowest BCUT2D eigenvalue weighted by atomic mass is 9.96. The molecule has 2 aromatic rings. The molecule has 128 valence electrons. The molecule has 2 heterocycles. The van der Waals surface area contributed by atoms with E-state index in [-0.39, 0.29) is 17.6 Å². The predicted molar refractivity (Wildman–Crippen MR) is 86.4 cm³/mol. The number of rotatable bonds is 5. The van der Waals surface area contributed by atoms with Crippen molar-refractivity contribution in [2.75, 3.05) is 19.6 Å². The van der Waals surface area contributed by atoms with Gasteiger partial charge in [0.15, 0.2) is 0 Å². The lowest BCUT2D eigenvalue weighted by molar-refractivity contribution is -0.126. The van der Waals surface area contributed by atoms with Crippen molar-refractivity contribution < 1.29 is 13.7 Å². The number of likely N-dealkylation sites (tertiary alicyclic amines) is 1.